The molecule has 1 aliphatic carbocycles. The molecular formula is C33H29ClN2O. The molecule has 1 N–H and O–H groups in total. The zero-order chi connectivity index (χ0) is 25.2. The Labute approximate surface area is 223 Å². The molecule has 6 rings (SSSR count). The maximum atomic E-state index is 6.49. The molecule has 0 amide bonds. The minimum atomic E-state index is 0.291. The number of rotatable bonds is 6. The lowest BCUT2D eigenvalue weighted by Gasteiger charge is -2.37. The van der Waals surface area contributed by atoms with Gasteiger partial charge in [0.15, 0.2) is 0 Å². The predicted molar refractivity (Wildman–Crippen MR) is 153 cm³/mol. The van der Waals surface area contributed by atoms with Crippen molar-refractivity contribution in [3.05, 3.63) is 136 Å². The Morgan fingerprint density at radius 3 is 2.59 bits per heavy atom. The van der Waals surface area contributed by atoms with Gasteiger partial charge < -0.3 is 10.1 Å². The Morgan fingerprint density at radius 1 is 0.973 bits per heavy atom. The van der Waals surface area contributed by atoms with Gasteiger partial charge in [-0.05, 0) is 77.9 Å². The minimum absolute atomic E-state index is 0.291. The number of nitrogens with zero attached hydrogens (tertiary/aromatic N) is 1. The first-order valence-electron chi connectivity index (χ1n) is 12.8. The summed E-state index contributed by atoms with van der Waals surface area (Å²) in [6.45, 7) is 2.56. The van der Waals surface area contributed by atoms with Gasteiger partial charge in [-0.1, -0.05) is 83.9 Å². The number of nitrogens with one attached hydrogen (secondary N) is 1. The maximum absolute atomic E-state index is 6.49. The van der Waals surface area contributed by atoms with E-state index in [2.05, 4.69) is 102 Å². The molecule has 3 nitrogen and oxygen atoms in total. The number of aryl methyl sites for hydroxylation is 1. The highest BCUT2D eigenvalue weighted by Crippen LogP contribution is 2.49. The van der Waals surface area contributed by atoms with E-state index in [1.165, 1.54) is 22.4 Å². The lowest BCUT2D eigenvalue weighted by Crippen LogP contribution is -2.28. The van der Waals surface area contributed by atoms with E-state index in [0.717, 1.165) is 23.2 Å². The normalized spacial score (nSPS) is 19.9. The van der Waals surface area contributed by atoms with Crippen LogP contribution in [0, 0.1) is 12.8 Å². The summed E-state index contributed by atoms with van der Waals surface area (Å²) in [6.07, 6.45) is 7.65. The molecule has 0 bridgehead atoms. The summed E-state index contributed by atoms with van der Waals surface area (Å²) >= 11 is 6.49. The maximum Gasteiger partial charge on any atom is 0.138 e. The fraction of sp³-hybridized carbons (Fsp3) is 0.182. The molecule has 1 heterocycles. The number of fused-ring (bicyclic) bond motifs is 3. The van der Waals surface area contributed by atoms with E-state index in [9.17, 15) is 0 Å². The Kier molecular flexibility index (Phi) is 6.55. The van der Waals surface area contributed by atoms with Crippen LogP contribution in [0.1, 0.15) is 46.2 Å². The van der Waals surface area contributed by atoms with Gasteiger partial charge in [-0.25, -0.2) is 0 Å². The molecule has 184 valence electrons. The van der Waals surface area contributed by atoms with Crippen molar-refractivity contribution in [2.24, 2.45) is 10.9 Å². The van der Waals surface area contributed by atoms with Crippen molar-refractivity contribution >= 4 is 29.2 Å². The third kappa shape index (κ3) is 5.05. The largest absolute Gasteiger partial charge is 0.487 e. The van der Waals surface area contributed by atoms with E-state index < -0.39 is 0 Å². The molecule has 0 unspecified atom stereocenters. The SMILES string of the molecule is Cc1ccc(COc2ccc(C=Nc3ccc([C@@H]4Nc5ccccc5[C@@H]5C=CC[C@@H]54)cc3)cc2Cl)cc1. The molecule has 0 aromatic heterocycles. The van der Waals surface area contributed by atoms with Crippen molar-refractivity contribution in [1.82, 2.24) is 0 Å². The number of ether oxygens (including phenoxy) is 1. The summed E-state index contributed by atoms with van der Waals surface area (Å²) in [7, 11) is 0. The molecule has 3 atom stereocenters. The van der Waals surface area contributed by atoms with Crippen molar-refractivity contribution in [1.29, 1.82) is 0 Å². The van der Waals surface area contributed by atoms with Crippen LogP contribution in [0.25, 0.3) is 0 Å². The number of hydrogen-bond acceptors (Lipinski definition) is 3. The van der Waals surface area contributed by atoms with Crippen molar-refractivity contribution in [2.75, 3.05) is 5.32 Å². The lowest BCUT2D eigenvalue weighted by molar-refractivity contribution is 0.306. The van der Waals surface area contributed by atoms with Gasteiger partial charge in [-0.2, -0.15) is 0 Å². The van der Waals surface area contributed by atoms with Crippen LogP contribution in [-0.4, -0.2) is 6.21 Å². The fourth-order valence-electron chi connectivity index (χ4n) is 5.35. The van der Waals surface area contributed by atoms with Crippen molar-refractivity contribution in [3.8, 4) is 5.75 Å². The summed E-state index contributed by atoms with van der Waals surface area (Å²) in [5.41, 5.74) is 8.14. The number of hydrogen-bond donors (Lipinski definition) is 1. The Balaban J connectivity index is 1.12. The molecule has 0 saturated carbocycles. The average Bonchev–Trinajstić information content (AvgIpc) is 3.43. The van der Waals surface area contributed by atoms with Gasteiger partial charge in [0.05, 0.1) is 16.8 Å². The van der Waals surface area contributed by atoms with Crippen LogP contribution in [0.3, 0.4) is 0 Å². The number of anilines is 1. The molecule has 0 fully saturated rings. The molecule has 4 heteroatoms. The van der Waals surface area contributed by atoms with Gasteiger partial charge in [0.1, 0.15) is 12.4 Å². The van der Waals surface area contributed by atoms with E-state index in [1.807, 2.05) is 24.4 Å². The van der Waals surface area contributed by atoms with Crippen molar-refractivity contribution < 1.29 is 4.74 Å². The first-order chi connectivity index (χ1) is 18.1. The second-order valence-electron chi connectivity index (χ2n) is 9.88. The first-order valence-corrected chi connectivity index (χ1v) is 13.2. The summed E-state index contributed by atoms with van der Waals surface area (Å²) in [5.74, 6) is 1.69. The third-order valence-electron chi connectivity index (χ3n) is 7.36. The third-order valence-corrected chi connectivity index (χ3v) is 7.65. The smallest absolute Gasteiger partial charge is 0.138 e. The monoisotopic (exact) mass is 504 g/mol. The fourth-order valence-corrected chi connectivity index (χ4v) is 5.59. The van der Waals surface area contributed by atoms with Gasteiger partial charge in [0.25, 0.3) is 0 Å². The van der Waals surface area contributed by atoms with Crippen LogP contribution < -0.4 is 10.1 Å². The van der Waals surface area contributed by atoms with Crippen LogP contribution >= 0.6 is 11.6 Å². The quantitative estimate of drug-likeness (QED) is 0.210. The number of allylic oxidation sites excluding steroid dienone is 2. The molecule has 2 aliphatic rings. The molecule has 1 aliphatic heterocycles. The summed E-state index contributed by atoms with van der Waals surface area (Å²) in [5, 5.41) is 4.37. The molecule has 0 radical (unpaired) electrons. The van der Waals surface area contributed by atoms with Crippen LogP contribution in [0.15, 0.2) is 108 Å². The predicted octanol–water partition coefficient (Wildman–Crippen LogP) is 8.80. The number of benzene rings is 4. The summed E-state index contributed by atoms with van der Waals surface area (Å²) in [4.78, 5) is 4.68. The van der Waals surface area contributed by atoms with Crippen molar-refractivity contribution in [2.45, 2.75) is 31.9 Å². The van der Waals surface area contributed by atoms with E-state index >= 15 is 0 Å². The van der Waals surface area contributed by atoms with Gasteiger partial charge in [0.2, 0.25) is 0 Å². The molecule has 37 heavy (non-hydrogen) atoms. The standard InChI is InChI=1S/C33H29ClN2O/c1-22-9-11-23(12-10-22)21-37-32-18-13-24(19-30(32)34)20-35-26-16-14-25(15-17-26)33-29-7-4-6-27(29)28-5-2-3-8-31(28)36-33/h2-6,8-20,27,29,33,36H,7,21H2,1H3/t27-,29-,33-/m0/s1. The Morgan fingerprint density at radius 2 is 1.78 bits per heavy atom. The van der Waals surface area contributed by atoms with Gasteiger partial charge in [-0.3, -0.25) is 4.99 Å². The van der Waals surface area contributed by atoms with Gasteiger partial charge in [0, 0.05) is 17.8 Å². The van der Waals surface area contributed by atoms with Gasteiger partial charge >= 0.3 is 0 Å². The molecule has 4 aromatic rings. The zero-order valence-corrected chi connectivity index (χ0v) is 21.5. The zero-order valence-electron chi connectivity index (χ0n) is 20.8. The van der Waals surface area contributed by atoms with Crippen LogP contribution in [-0.2, 0) is 6.61 Å². The second-order valence-corrected chi connectivity index (χ2v) is 10.3. The number of halogens is 1. The van der Waals surface area contributed by atoms with Crippen LogP contribution in [0.5, 0.6) is 5.75 Å². The first kappa shape index (κ1) is 23.6. The topological polar surface area (TPSA) is 33.6 Å². The molecule has 0 spiro atoms. The second kappa shape index (κ2) is 10.3. The summed E-state index contributed by atoms with van der Waals surface area (Å²) < 4.78 is 5.92. The van der Waals surface area contributed by atoms with Gasteiger partial charge in [-0.15, -0.1) is 0 Å². The number of aliphatic imine (C=N–C) groups is 1. The molecule has 4 aromatic carbocycles. The average molecular weight is 505 g/mol. The van der Waals surface area contributed by atoms with E-state index in [0.29, 0.717) is 35.3 Å². The highest BCUT2D eigenvalue weighted by atomic mass is 35.5. The van der Waals surface area contributed by atoms with E-state index in [4.69, 9.17) is 16.3 Å². The van der Waals surface area contributed by atoms with Crippen molar-refractivity contribution in [3.63, 3.8) is 0 Å². The lowest BCUT2D eigenvalue weighted by atomic mass is 9.77. The Hall–Kier alpha value is -3.82. The Bertz CT molecular complexity index is 1460. The summed E-state index contributed by atoms with van der Waals surface area (Å²) in [6, 6.07) is 31.6. The van der Waals surface area contributed by atoms with Crippen LogP contribution in [0.2, 0.25) is 5.02 Å². The molecule has 0 saturated heterocycles. The number of para-hydroxylation sites is 1. The highest BCUT2D eigenvalue weighted by Gasteiger charge is 2.37. The van der Waals surface area contributed by atoms with E-state index in [-0.39, 0.29) is 0 Å². The minimum Gasteiger partial charge on any atom is -0.487 e. The van der Waals surface area contributed by atoms with Crippen LogP contribution in [0.4, 0.5) is 11.4 Å². The highest BCUT2D eigenvalue weighted by molar-refractivity contribution is 6.32. The molecular weight excluding hydrogens is 476 g/mol. The van der Waals surface area contributed by atoms with E-state index in [1.54, 1.807) is 0 Å².